The van der Waals surface area contributed by atoms with E-state index in [0.29, 0.717) is 17.1 Å². The number of nitrogens with zero attached hydrogens (tertiary/aromatic N) is 3. The predicted octanol–water partition coefficient (Wildman–Crippen LogP) is 2.31. The van der Waals surface area contributed by atoms with Crippen LogP contribution in [0.5, 0.6) is 0 Å². The minimum Gasteiger partial charge on any atom is -0.339 e. The van der Waals surface area contributed by atoms with Crippen molar-refractivity contribution in [2.45, 2.75) is 40.0 Å². The molecule has 0 aromatic carbocycles. The molecule has 0 saturated carbocycles. The topological polar surface area (TPSA) is 70.5 Å². The van der Waals surface area contributed by atoms with Crippen molar-refractivity contribution in [3.8, 4) is 0 Å². The molecule has 1 unspecified atom stereocenters. The number of hydrogen-bond donors (Lipinski definition) is 1. The smallest absolute Gasteiger partial charge is 0.339 e. The molecule has 1 amide bonds. The Kier molecular flexibility index (Phi) is 4.00. The summed E-state index contributed by atoms with van der Waals surface area (Å²) in [7, 11) is 0. The second-order valence-corrected chi connectivity index (χ2v) is 7.46. The lowest BCUT2D eigenvalue weighted by Crippen LogP contribution is -2.33. The minimum atomic E-state index is -0.321. The summed E-state index contributed by atoms with van der Waals surface area (Å²) in [6, 6.07) is 3.44. The van der Waals surface area contributed by atoms with Gasteiger partial charge in [-0.2, -0.15) is 5.10 Å². The summed E-state index contributed by atoms with van der Waals surface area (Å²) < 4.78 is 1.38. The van der Waals surface area contributed by atoms with Crippen LogP contribution in [0.4, 0.5) is 0 Å². The van der Waals surface area contributed by atoms with Gasteiger partial charge in [-0.1, -0.05) is 20.8 Å². The third kappa shape index (κ3) is 3.16. The molecule has 1 aliphatic heterocycles. The molecule has 6 nitrogen and oxygen atoms in total. The monoisotopic (exact) mass is 316 g/mol. The molecule has 0 bridgehead atoms. The molecule has 0 radical (unpaired) electrons. The van der Waals surface area contributed by atoms with Crippen molar-refractivity contribution in [2.24, 2.45) is 11.3 Å². The number of aromatic amines is 1. The fourth-order valence-corrected chi connectivity index (χ4v) is 3.38. The Morgan fingerprint density at radius 2 is 2.04 bits per heavy atom. The number of likely N-dealkylation sites (tertiary alicyclic amines) is 1. The summed E-state index contributed by atoms with van der Waals surface area (Å²) in [4.78, 5) is 26.3. The van der Waals surface area contributed by atoms with E-state index in [9.17, 15) is 9.59 Å². The first-order chi connectivity index (χ1) is 10.9. The molecule has 3 rings (SSSR count). The summed E-state index contributed by atoms with van der Waals surface area (Å²) >= 11 is 0. The maximum atomic E-state index is 12.8. The molecule has 3 heterocycles. The zero-order chi connectivity index (χ0) is 16.6. The molecule has 2 aromatic heterocycles. The summed E-state index contributed by atoms with van der Waals surface area (Å²) in [6.07, 6.45) is 4.80. The van der Waals surface area contributed by atoms with Crippen molar-refractivity contribution in [3.05, 3.63) is 34.4 Å². The van der Waals surface area contributed by atoms with Crippen molar-refractivity contribution in [1.82, 2.24) is 19.5 Å². The molecular weight excluding hydrogens is 292 g/mol. The lowest BCUT2D eigenvalue weighted by molar-refractivity contribution is 0.0755. The SMILES string of the molecule is CC(C)(C)C1CCCN(C(=O)c2ccc3n[nH]c(=O)n3c2)CC1. The number of amides is 1. The molecule has 1 N–H and O–H groups in total. The molecule has 1 aliphatic rings. The van der Waals surface area contributed by atoms with Gasteiger partial charge in [-0.05, 0) is 42.7 Å². The summed E-state index contributed by atoms with van der Waals surface area (Å²) in [5.74, 6) is 0.633. The first-order valence-corrected chi connectivity index (χ1v) is 8.22. The van der Waals surface area contributed by atoms with E-state index in [1.807, 2.05) is 4.90 Å². The largest absolute Gasteiger partial charge is 0.347 e. The highest BCUT2D eigenvalue weighted by molar-refractivity contribution is 5.94. The van der Waals surface area contributed by atoms with E-state index in [1.165, 1.54) is 4.40 Å². The average Bonchev–Trinajstić information content (AvgIpc) is 2.73. The Hall–Kier alpha value is -2.11. The average molecular weight is 316 g/mol. The van der Waals surface area contributed by atoms with Gasteiger partial charge >= 0.3 is 5.69 Å². The minimum absolute atomic E-state index is 0.00504. The third-order valence-electron chi connectivity index (χ3n) is 4.90. The fourth-order valence-electron chi connectivity index (χ4n) is 3.38. The number of rotatable bonds is 1. The highest BCUT2D eigenvalue weighted by Crippen LogP contribution is 2.34. The lowest BCUT2D eigenvalue weighted by atomic mass is 9.77. The van der Waals surface area contributed by atoms with Crippen LogP contribution >= 0.6 is 0 Å². The van der Waals surface area contributed by atoms with Crippen LogP contribution in [-0.2, 0) is 0 Å². The van der Waals surface area contributed by atoms with Gasteiger partial charge in [-0.25, -0.2) is 14.3 Å². The van der Waals surface area contributed by atoms with Crippen LogP contribution in [0.3, 0.4) is 0 Å². The molecular formula is C17H24N4O2. The number of H-pyrrole nitrogens is 1. The Balaban J connectivity index is 1.79. The molecule has 124 valence electrons. The van der Waals surface area contributed by atoms with Gasteiger partial charge in [0.15, 0.2) is 5.65 Å². The number of hydrogen-bond acceptors (Lipinski definition) is 3. The standard InChI is InChI=1S/C17H24N4O2/c1-17(2,3)13-5-4-9-20(10-8-13)15(22)12-6-7-14-18-19-16(23)21(14)11-12/h6-7,11,13H,4-5,8-10H2,1-3H3,(H,19,23). The number of aromatic nitrogens is 3. The van der Waals surface area contributed by atoms with Crippen molar-refractivity contribution in [2.75, 3.05) is 13.1 Å². The molecule has 1 saturated heterocycles. The van der Waals surface area contributed by atoms with Gasteiger partial charge in [0.1, 0.15) is 0 Å². The van der Waals surface area contributed by atoms with Gasteiger partial charge in [-0.15, -0.1) is 0 Å². The van der Waals surface area contributed by atoms with Gasteiger partial charge in [0.05, 0.1) is 5.56 Å². The van der Waals surface area contributed by atoms with E-state index < -0.39 is 0 Å². The van der Waals surface area contributed by atoms with Gasteiger partial charge in [0.2, 0.25) is 0 Å². The number of nitrogens with one attached hydrogen (secondary N) is 1. The molecule has 0 aliphatic carbocycles. The summed E-state index contributed by atoms with van der Waals surface area (Å²) in [5.41, 5.74) is 1.02. The van der Waals surface area contributed by atoms with Crippen LogP contribution in [0.1, 0.15) is 50.4 Å². The van der Waals surface area contributed by atoms with E-state index in [-0.39, 0.29) is 17.0 Å². The zero-order valence-electron chi connectivity index (χ0n) is 14.0. The van der Waals surface area contributed by atoms with Crippen molar-refractivity contribution in [3.63, 3.8) is 0 Å². The first kappa shape index (κ1) is 15.8. The van der Waals surface area contributed by atoms with E-state index in [4.69, 9.17) is 0 Å². The maximum absolute atomic E-state index is 12.8. The Labute approximate surface area is 135 Å². The molecule has 6 heteroatoms. The van der Waals surface area contributed by atoms with Crippen LogP contribution in [-0.4, -0.2) is 38.5 Å². The van der Waals surface area contributed by atoms with Crippen LogP contribution in [0.15, 0.2) is 23.1 Å². The molecule has 1 fully saturated rings. The van der Waals surface area contributed by atoms with Crippen LogP contribution in [0.25, 0.3) is 5.65 Å². The van der Waals surface area contributed by atoms with Gasteiger partial charge in [-0.3, -0.25) is 4.79 Å². The van der Waals surface area contributed by atoms with Gasteiger partial charge < -0.3 is 4.90 Å². The fraction of sp³-hybridized carbons (Fsp3) is 0.588. The maximum Gasteiger partial charge on any atom is 0.347 e. The Morgan fingerprint density at radius 1 is 1.26 bits per heavy atom. The van der Waals surface area contributed by atoms with Gasteiger partial charge in [0, 0.05) is 19.3 Å². The number of carbonyl (C=O) groups excluding carboxylic acids is 1. The van der Waals surface area contributed by atoms with Crippen LogP contribution < -0.4 is 5.69 Å². The lowest BCUT2D eigenvalue weighted by Gasteiger charge is -2.29. The summed E-state index contributed by atoms with van der Waals surface area (Å²) in [6.45, 7) is 8.38. The number of pyridine rings is 1. The van der Waals surface area contributed by atoms with E-state index in [2.05, 4.69) is 31.0 Å². The van der Waals surface area contributed by atoms with Crippen molar-refractivity contribution >= 4 is 11.6 Å². The quantitative estimate of drug-likeness (QED) is 0.877. The molecule has 2 aromatic rings. The zero-order valence-corrected chi connectivity index (χ0v) is 14.0. The highest BCUT2D eigenvalue weighted by Gasteiger charge is 2.28. The Bertz CT molecular complexity index is 769. The van der Waals surface area contributed by atoms with Crippen molar-refractivity contribution < 1.29 is 4.79 Å². The first-order valence-electron chi connectivity index (χ1n) is 8.22. The third-order valence-corrected chi connectivity index (χ3v) is 4.90. The van der Waals surface area contributed by atoms with Crippen LogP contribution in [0, 0.1) is 11.3 Å². The molecule has 0 spiro atoms. The van der Waals surface area contributed by atoms with Crippen LogP contribution in [0.2, 0.25) is 0 Å². The van der Waals surface area contributed by atoms with Gasteiger partial charge in [0.25, 0.3) is 5.91 Å². The number of fused-ring (bicyclic) bond motifs is 1. The molecule has 23 heavy (non-hydrogen) atoms. The summed E-state index contributed by atoms with van der Waals surface area (Å²) in [5, 5.41) is 6.27. The highest BCUT2D eigenvalue weighted by atomic mass is 16.2. The molecule has 1 atom stereocenters. The van der Waals surface area contributed by atoms with E-state index >= 15 is 0 Å². The van der Waals surface area contributed by atoms with E-state index in [1.54, 1.807) is 18.3 Å². The second kappa shape index (κ2) is 5.83. The van der Waals surface area contributed by atoms with Crippen molar-refractivity contribution in [1.29, 1.82) is 0 Å². The predicted molar refractivity (Wildman–Crippen MR) is 88.5 cm³/mol. The van der Waals surface area contributed by atoms with E-state index in [0.717, 1.165) is 32.4 Å². The normalized spacial score (nSPS) is 19.8. The second-order valence-electron chi connectivity index (χ2n) is 7.46. The number of carbonyl (C=O) groups is 1. The Morgan fingerprint density at radius 3 is 2.78 bits per heavy atom.